The number of benzene rings is 3. The number of fused-ring (bicyclic) bond motifs is 1. The number of carbonyl (C=O) groups excluding carboxylic acids is 2. The van der Waals surface area contributed by atoms with E-state index in [1.165, 1.54) is 24.3 Å². The van der Waals surface area contributed by atoms with Crippen molar-refractivity contribution in [2.45, 2.75) is 12.0 Å². The van der Waals surface area contributed by atoms with Crippen molar-refractivity contribution < 1.29 is 19.1 Å². The fraction of sp³-hybridized carbons (Fsp3) is 0.0714. The van der Waals surface area contributed by atoms with Crippen molar-refractivity contribution in [3.63, 3.8) is 0 Å². The molecule has 6 nitrogen and oxygen atoms in total. The molecule has 2 atom stereocenters. The van der Waals surface area contributed by atoms with Crippen molar-refractivity contribution >= 4 is 22.6 Å². The third kappa shape index (κ3) is 4.49. The number of imidazole rings is 1. The minimum absolute atomic E-state index is 0.0634. The highest BCUT2D eigenvalue weighted by molar-refractivity contribution is 6.19. The van der Waals surface area contributed by atoms with Crippen LogP contribution in [0.5, 0.6) is 0 Å². The molecule has 3 aromatic carbocycles. The largest absolute Gasteiger partial charge is 0.382 e. The van der Waals surface area contributed by atoms with E-state index >= 15 is 0 Å². The lowest BCUT2D eigenvalue weighted by Crippen LogP contribution is -2.24. The standard InChI is InChI=1S/C28H20FN3O3/c29-20-10-6-9-19(16-20)27(35)24(28-31-21-11-1-2-12-22(21)32-28)26(34)18-8-5-7-17(15-18)25(33)23-13-3-4-14-30-23/h1-16,24-25,33H,(H,31,32). The minimum atomic E-state index is -1.33. The number of Topliss-reactive ketones (excluding diaryl/α,β-unsaturated/α-hetero) is 2. The van der Waals surface area contributed by atoms with E-state index in [0.717, 1.165) is 6.07 Å². The summed E-state index contributed by atoms with van der Waals surface area (Å²) in [6, 6.07) is 24.0. The number of aromatic nitrogens is 3. The van der Waals surface area contributed by atoms with Crippen molar-refractivity contribution in [2.24, 2.45) is 0 Å². The molecule has 2 aromatic heterocycles. The molecule has 0 radical (unpaired) electrons. The Hall–Kier alpha value is -4.49. The van der Waals surface area contributed by atoms with Gasteiger partial charge in [0, 0.05) is 17.3 Å². The molecule has 172 valence electrons. The maximum absolute atomic E-state index is 13.9. The first kappa shape index (κ1) is 22.3. The van der Waals surface area contributed by atoms with Gasteiger partial charge in [0.1, 0.15) is 23.7 Å². The summed E-state index contributed by atoms with van der Waals surface area (Å²) in [5.41, 5.74) is 2.44. The molecule has 7 heteroatoms. The van der Waals surface area contributed by atoms with E-state index in [-0.39, 0.29) is 17.0 Å². The molecule has 0 amide bonds. The number of aromatic amines is 1. The number of para-hydroxylation sites is 2. The summed E-state index contributed by atoms with van der Waals surface area (Å²) >= 11 is 0. The number of ketones is 2. The predicted octanol–water partition coefficient (Wildman–Crippen LogP) is 5.03. The molecule has 0 saturated heterocycles. The number of hydrogen-bond acceptors (Lipinski definition) is 5. The van der Waals surface area contributed by atoms with Gasteiger partial charge >= 0.3 is 0 Å². The Morgan fingerprint density at radius 1 is 0.829 bits per heavy atom. The second-order valence-electron chi connectivity index (χ2n) is 8.09. The van der Waals surface area contributed by atoms with Crippen LogP contribution in [0.1, 0.15) is 49.8 Å². The normalized spacial score (nSPS) is 12.9. The molecule has 2 unspecified atom stereocenters. The Bertz CT molecular complexity index is 1500. The third-order valence-corrected chi connectivity index (χ3v) is 5.77. The van der Waals surface area contributed by atoms with Crippen molar-refractivity contribution in [1.82, 2.24) is 15.0 Å². The fourth-order valence-corrected chi connectivity index (χ4v) is 4.02. The van der Waals surface area contributed by atoms with Crippen molar-refractivity contribution in [3.05, 3.63) is 131 Å². The van der Waals surface area contributed by atoms with Crippen LogP contribution in [-0.4, -0.2) is 31.6 Å². The number of nitrogens with one attached hydrogen (secondary N) is 1. The third-order valence-electron chi connectivity index (χ3n) is 5.77. The van der Waals surface area contributed by atoms with Gasteiger partial charge in [-0.2, -0.15) is 0 Å². The average molecular weight is 465 g/mol. The molecule has 0 aliphatic rings. The Morgan fingerprint density at radius 3 is 2.26 bits per heavy atom. The Kier molecular flexibility index (Phi) is 5.99. The molecule has 0 bridgehead atoms. The number of nitrogens with zero attached hydrogens (tertiary/aromatic N) is 2. The zero-order valence-corrected chi connectivity index (χ0v) is 18.4. The van der Waals surface area contributed by atoms with Gasteiger partial charge in [-0.1, -0.05) is 48.5 Å². The van der Waals surface area contributed by atoms with Gasteiger partial charge in [0.15, 0.2) is 11.6 Å². The van der Waals surface area contributed by atoms with Crippen LogP contribution in [0.25, 0.3) is 11.0 Å². The highest BCUT2D eigenvalue weighted by Crippen LogP contribution is 2.28. The Morgan fingerprint density at radius 2 is 1.54 bits per heavy atom. The van der Waals surface area contributed by atoms with Crippen LogP contribution in [0.15, 0.2) is 97.2 Å². The summed E-state index contributed by atoms with van der Waals surface area (Å²) in [6.07, 6.45) is 0.524. The lowest BCUT2D eigenvalue weighted by Gasteiger charge is -2.15. The molecule has 5 rings (SSSR count). The highest BCUT2D eigenvalue weighted by Gasteiger charge is 2.33. The lowest BCUT2D eigenvalue weighted by molar-refractivity contribution is 0.0856. The summed E-state index contributed by atoms with van der Waals surface area (Å²) in [5, 5.41) is 10.8. The van der Waals surface area contributed by atoms with Gasteiger partial charge in [0.2, 0.25) is 0 Å². The quantitative estimate of drug-likeness (QED) is 0.260. The minimum Gasteiger partial charge on any atom is -0.382 e. The number of pyridine rings is 1. The number of H-pyrrole nitrogens is 1. The van der Waals surface area contributed by atoms with Gasteiger partial charge in [-0.15, -0.1) is 0 Å². The summed E-state index contributed by atoms with van der Waals surface area (Å²) in [5.74, 6) is -2.84. The SMILES string of the molecule is O=C(c1cccc(F)c1)C(C(=O)c1cccc(C(O)c2ccccn2)c1)c1nc2ccccc2[nH]1. The first-order valence-electron chi connectivity index (χ1n) is 11.0. The van der Waals surface area contributed by atoms with Crippen LogP contribution in [0.2, 0.25) is 0 Å². The summed E-state index contributed by atoms with van der Waals surface area (Å²) in [7, 11) is 0. The first-order valence-corrected chi connectivity index (χ1v) is 11.0. The molecular weight excluding hydrogens is 445 g/mol. The summed E-state index contributed by atoms with van der Waals surface area (Å²) < 4.78 is 13.9. The van der Waals surface area contributed by atoms with Gasteiger partial charge in [-0.25, -0.2) is 9.37 Å². The molecule has 5 aromatic rings. The molecule has 0 aliphatic heterocycles. The summed E-state index contributed by atoms with van der Waals surface area (Å²) in [4.78, 5) is 39.0. The predicted molar refractivity (Wildman–Crippen MR) is 129 cm³/mol. The van der Waals surface area contributed by atoms with Crippen LogP contribution < -0.4 is 0 Å². The molecule has 0 fully saturated rings. The second kappa shape index (κ2) is 9.40. The van der Waals surface area contributed by atoms with Gasteiger partial charge in [0.05, 0.1) is 16.7 Å². The molecule has 0 saturated carbocycles. The van der Waals surface area contributed by atoms with Crippen molar-refractivity contribution in [1.29, 1.82) is 0 Å². The van der Waals surface area contributed by atoms with Crippen LogP contribution in [0.3, 0.4) is 0 Å². The molecule has 0 aliphatic carbocycles. The molecule has 2 N–H and O–H groups in total. The number of hydrogen-bond donors (Lipinski definition) is 2. The number of carbonyl (C=O) groups is 2. The smallest absolute Gasteiger partial charge is 0.181 e. The zero-order chi connectivity index (χ0) is 24.4. The van der Waals surface area contributed by atoms with Gasteiger partial charge in [-0.3, -0.25) is 14.6 Å². The number of aliphatic hydroxyl groups excluding tert-OH is 1. The van der Waals surface area contributed by atoms with E-state index < -0.39 is 29.4 Å². The van der Waals surface area contributed by atoms with Gasteiger partial charge in [-0.05, 0) is 48.0 Å². The van der Waals surface area contributed by atoms with E-state index in [9.17, 15) is 19.1 Å². The number of halogens is 1. The van der Waals surface area contributed by atoms with E-state index in [4.69, 9.17) is 0 Å². The maximum Gasteiger partial charge on any atom is 0.181 e. The zero-order valence-electron chi connectivity index (χ0n) is 18.4. The molecule has 0 spiro atoms. The van der Waals surface area contributed by atoms with Crippen LogP contribution >= 0.6 is 0 Å². The van der Waals surface area contributed by atoms with E-state index in [0.29, 0.717) is 22.3 Å². The monoisotopic (exact) mass is 465 g/mol. The van der Waals surface area contributed by atoms with E-state index in [1.807, 2.05) is 6.07 Å². The Labute approximate surface area is 200 Å². The number of rotatable bonds is 7. The second-order valence-corrected chi connectivity index (χ2v) is 8.09. The van der Waals surface area contributed by atoms with Crippen LogP contribution in [-0.2, 0) is 0 Å². The van der Waals surface area contributed by atoms with Crippen LogP contribution in [0, 0.1) is 5.82 Å². The molecular formula is C28H20FN3O3. The Balaban J connectivity index is 1.57. The summed E-state index contributed by atoms with van der Waals surface area (Å²) in [6.45, 7) is 0. The fourth-order valence-electron chi connectivity index (χ4n) is 4.02. The van der Waals surface area contributed by atoms with Crippen molar-refractivity contribution in [2.75, 3.05) is 0 Å². The molecule has 35 heavy (non-hydrogen) atoms. The van der Waals surface area contributed by atoms with Gasteiger partial charge in [0.25, 0.3) is 0 Å². The maximum atomic E-state index is 13.9. The highest BCUT2D eigenvalue weighted by atomic mass is 19.1. The van der Waals surface area contributed by atoms with Crippen molar-refractivity contribution in [3.8, 4) is 0 Å². The topological polar surface area (TPSA) is 95.9 Å². The average Bonchev–Trinajstić information content (AvgIpc) is 3.32. The first-order chi connectivity index (χ1) is 17.0. The number of aliphatic hydroxyl groups is 1. The lowest BCUT2D eigenvalue weighted by atomic mass is 9.88. The van der Waals surface area contributed by atoms with E-state index in [2.05, 4.69) is 15.0 Å². The van der Waals surface area contributed by atoms with Gasteiger partial charge < -0.3 is 10.1 Å². The van der Waals surface area contributed by atoms with E-state index in [1.54, 1.807) is 60.8 Å². The molecule has 2 heterocycles. The van der Waals surface area contributed by atoms with Crippen LogP contribution in [0.4, 0.5) is 4.39 Å².